The van der Waals surface area contributed by atoms with E-state index in [-0.39, 0.29) is 0 Å². The molecule has 0 fully saturated rings. The molecule has 0 spiro atoms. The maximum absolute atomic E-state index is 12.0. The van der Waals surface area contributed by atoms with Crippen molar-refractivity contribution in [3.8, 4) is 0 Å². The number of amides is 1. The third-order valence-electron chi connectivity index (χ3n) is 2.98. The summed E-state index contributed by atoms with van der Waals surface area (Å²) < 4.78 is 0. The fourth-order valence-electron chi connectivity index (χ4n) is 1.78. The lowest BCUT2D eigenvalue weighted by atomic mass is 10.1. The van der Waals surface area contributed by atoms with E-state index in [1.54, 1.807) is 6.07 Å². The zero-order valence-electron chi connectivity index (χ0n) is 11.1. The van der Waals surface area contributed by atoms with E-state index >= 15 is 0 Å². The van der Waals surface area contributed by atoms with Crippen molar-refractivity contribution in [2.24, 2.45) is 0 Å². The molecule has 0 saturated heterocycles. The minimum absolute atomic E-state index is 0.356. The van der Waals surface area contributed by atoms with Crippen LogP contribution in [-0.2, 0) is 4.79 Å². The van der Waals surface area contributed by atoms with E-state index in [2.05, 4.69) is 10.3 Å². The van der Waals surface area contributed by atoms with Gasteiger partial charge in [0.1, 0.15) is 11.2 Å². The Morgan fingerprint density at radius 1 is 1.26 bits per heavy atom. The van der Waals surface area contributed by atoms with Crippen LogP contribution in [0.15, 0.2) is 24.3 Å². The van der Waals surface area contributed by atoms with Gasteiger partial charge in [-0.25, -0.2) is 4.79 Å². The Labute approximate surface area is 110 Å². The van der Waals surface area contributed by atoms with Crippen molar-refractivity contribution in [1.29, 1.82) is 0 Å². The third-order valence-corrected chi connectivity index (χ3v) is 2.98. The van der Waals surface area contributed by atoms with Gasteiger partial charge < -0.3 is 15.4 Å². The summed E-state index contributed by atoms with van der Waals surface area (Å²) in [6.07, 6.45) is 0. The highest BCUT2D eigenvalue weighted by Crippen LogP contribution is 2.17. The summed E-state index contributed by atoms with van der Waals surface area (Å²) in [7, 11) is 0. The number of hydrogen-bond donors (Lipinski definition) is 3. The molecule has 0 saturated carbocycles. The normalized spacial score (nSPS) is 11.5. The van der Waals surface area contributed by atoms with Crippen LogP contribution in [0.1, 0.15) is 29.9 Å². The van der Waals surface area contributed by atoms with Gasteiger partial charge in [0.2, 0.25) is 0 Å². The molecule has 0 unspecified atom stereocenters. The predicted octanol–water partition coefficient (Wildman–Crippen LogP) is 2.07. The molecule has 2 rings (SSSR count). The first-order valence-electron chi connectivity index (χ1n) is 5.95. The number of rotatable bonds is 3. The number of carbonyl (C=O) groups is 2. The second-order valence-corrected chi connectivity index (χ2v) is 5.16. The molecule has 0 aliphatic rings. The fraction of sp³-hybridized carbons (Fsp3) is 0.286. The van der Waals surface area contributed by atoms with Crippen LogP contribution in [0.4, 0.5) is 0 Å². The highest BCUT2D eigenvalue weighted by Gasteiger charge is 2.29. The molecule has 19 heavy (non-hydrogen) atoms. The van der Waals surface area contributed by atoms with Gasteiger partial charge in [0.15, 0.2) is 0 Å². The molecule has 0 radical (unpaired) electrons. The summed E-state index contributed by atoms with van der Waals surface area (Å²) in [5.41, 5.74) is 1.01. The van der Waals surface area contributed by atoms with Crippen molar-refractivity contribution < 1.29 is 14.7 Å². The molecular weight excluding hydrogens is 244 g/mol. The molecule has 0 bridgehead atoms. The lowest BCUT2D eigenvalue weighted by Crippen LogP contribution is -2.49. The first-order valence-corrected chi connectivity index (χ1v) is 5.95. The van der Waals surface area contributed by atoms with Crippen LogP contribution in [0.2, 0.25) is 0 Å². The number of hydrogen-bond acceptors (Lipinski definition) is 2. The van der Waals surface area contributed by atoms with Gasteiger partial charge in [0, 0.05) is 10.9 Å². The number of carbonyl (C=O) groups excluding carboxylic acids is 1. The summed E-state index contributed by atoms with van der Waals surface area (Å²) in [6.45, 7) is 4.86. The summed E-state index contributed by atoms with van der Waals surface area (Å²) >= 11 is 0. The number of carboxylic acid groups (broad SMARTS) is 1. The summed E-state index contributed by atoms with van der Waals surface area (Å²) in [5.74, 6) is -1.51. The van der Waals surface area contributed by atoms with Crippen LogP contribution in [0.3, 0.4) is 0 Å². The van der Waals surface area contributed by atoms with Gasteiger partial charge in [0.25, 0.3) is 5.91 Å². The number of H-pyrrole nitrogens is 1. The molecule has 2 aromatic rings. The van der Waals surface area contributed by atoms with Gasteiger partial charge in [-0.15, -0.1) is 0 Å². The van der Waals surface area contributed by atoms with E-state index in [0.29, 0.717) is 5.69 Å². The lowest BCUT2D eigenvalue weighted by molar-refractivity contribution is -0.143. The largest absolute Gasteiger partial charge is 0.480 e. The van der Waals surface area contributed by atoms with Crippen LogP contribution in [0, 0.1) is 6.92 Å². The SMILES string of the molecule is Cc1ccc2[nH]c(C(=O)NC(C)(C)C(=O)O)cc2c1. The van der Waals surface area contributed by atoms with Gasteiger partial charge in [0.05, 0.1) is 0 Å². The Kier molecular flexibility index (Phi) is 3.06. The number of aryl methyl sites for hydroxylation is 1. The van der Waals surface area contributed by atoms with Crippen LogP contribution in [0.25, 0.3) is 10.9 Å². The standard InChI is InChI=1S/C14H16N2O3/c1-8-4-5-10-9(6-8)7-11(15-10)12(17)16-14(2,3)13(18)19/h4-7,15H,1-3H3,(H,16,17)(H,18,19). The molecule has 0 aliphatic carbocycles. The molecule has 1 heterocycles. The molecule has 1 aromatic carbocycles. The van der Waals surface area contributed by atoms with Crippen molar-refractivity contribution in [2.45, 2.75) is 26.3 Å². The number of aromatic amines is 1. The van der Waals surface area contributed by atoms with Crippen molar-refractivity contribution >= 4 is 22.8 Å². The minimum Gasteiger partial charge on any atom is -0.480 e. The number of nitrogens with one attached hydrogen (secondary N) is 2. The monoisotopic (exact) mass is 260 g/mol. The molecular formula is C14H16N2O3. The summed E-state index contributed by atoms with van der Waals surface area (Å²) in [5, 5.41) is 12.4. The summed E-state index contributed by atoms with van der Waals surface area (Å²) in [6, 6.07) is 7.52. The van der Waals surface area contributed by atoms with E-state index in [9.17, 15) is 9.59 Å². The van der Waals surface area contributed by atoms with E-state index in [4.69, 9.17) is 5.11 Å². The van der Waals surface area contributed by atoms with Crippen LogP contribution < -0.4 is 5.32 Å². The first kappa shape index (κ1) is 13.1. The topological polar surface area (TPSA) is 82.2 Å². The molecule has 100 valence electrons. The smallest absolute Gasteiger partial charge is 0.328 e. The molecule has 5 nitrogen and oxygen atoms in total. The Hall–Kier alpha value is -2.30. The number of fused-ring (bicyclic) bond motifs is 1. The van der Waals surface area contributed by atoms with Crippen molar-refractivity contribution in [3.05, 3.63) is 35.5 Å². The molecule has 3 N–H and O–H groups in total. The van der Waals surface area contributed by atoms with E-state index < -0.39 is 17.4 Å². The number of aromatic nitrogens is 1. The number of benzene rings is 1. The average molecular weight is 260 g/mol. The first-order chi connectivity index (χ1) is 8.79. The predicted molar refractivity (Wildman–Crippen MR) is 72.2 cm³/mol. The second-order valence-electron chi connectivity index (χ2n) is 5.16. The van der Waals surface area contributed by atoms with Crippen LogP contribution in [0.5, 0.6) is 0 Å². The molecule has 1 amide bonds. The van der Waals surface area contributed by atoms with Crippen molar-refractivity contribution in [2.75, 3.05) is 0 Å². The van der Waals surface area contributed by atoms with Gasteiger partial charge in [-0.2, -0.15) is 0 Å². The maximum Gasteiger partial charge on any atom is 0.328 e. The van der Waals surface area contributed by atoms with Crippen LogP contribution >= 0.6 is 0 Å². The Morgan fingerprint density at radius 3 is 2.58 bits per heavy atom. The lowest BCUT2D eigenvalue weighted by Gasteiger charge is -2.20. The fourth-order valence-corrected chi connectivity index (χ4v) is 1.78. The second kappa shape index (κ2) is 4.42. The third kappa shape index (κ3) is 2.59. The molecule has 0 aliphatic heterocycles. The van der Waals surface area contributed by atoms with Gasteiger partial charge in [-0.05, 0) is 39.0 Å². The Morgan fingerprint density at radius 2 is 1.95 bits per heavy atom. The van der Waals surface area contributed by atoms with E-state index in [1.807, 2.05) is 25.1 Å². The molecule has 1 aromatic heterocycles. The Balaban J connectivity index is 2.29. The zero-order valence-corrected chi connectivity index (χ0v) is 11.1. The Bertz CT molecular complexity index is 656. The molecule has 5 heteroatoms. The maximum atomic E-state index is 12.0. The summed E-state index contributed by atoms with van der Waals surface area (Å²) in [4.78, 5) is 26.0. The highest BCUT2D eigenvalue weighted by molar-refractivity contribution is 6.00. The minimum atomic E-state index is -1.30. The molecule has 0 atom stereocenters. The van der Waals surface area contributed by atoms with Crippen molar-refractivity contribution in [3.63, 3.8) is 0 Å². The number of aliphatic carboxylic acids is 1. The highest BCUT2D eigenvalue weighted by atomic mass is 16.4. The van der Waals surface area contributed by atoms with Crippen LogP contribution in [-0.4, -0.2) is 27.5 Å². The quantitative estimate of drug-likeness (QED) is 0.790. The van der Waals surface area contributed by atoms with Crippen molar-refractivity contribution in [1.82, 2.24) is 10.3 Å². The van der Waals surface area contributed by atoms with E-state index in [0.717, 1.165) is 16.5 Å². The van der Waals surface area contributed by atoms with E-state index in [1.165, 1.54) is 13.8 Å². The number of carboxylic acids is 1. The zero-order chi connectivity index (χ0) is 14.2. The average Bonchev–Trinajstić information content (AvgIpc) is 2.71. The van der Waals surface area contributed by atoms with Gasteiger partial charge in [-0.3, -0.25) is 4.79 Å². The van der Waals surface area contributed by atoms with Gasteiger partial charge >= 0.3 is 5.97 Å². The van der Waals surface area contributed by atoms with Gasteiger partial charge in [-0.1, -0.05) is 11.6 Å².